The Hall–Kier alpha value is -2.03. The van der Waals surface area contributed by atoms with Crippen LogP contribution in [0, 0.1) is 5.92 Å². The molecule has 1 aromatic carbocycles. The molecule has 0 aromatic heterocycles. The van der Waals surface area contributed by atoms with E-state index in [1.54, 1.807) is 0 Å². The topological polar surface area (TPSA) is 50.8 Å². The number of carbonyl (C=O) groups is 1. The molecule has 2 aliphatic heterocycles. The molecule has 0 bridgehead atoms. The summed E-state index contributed by atoms with van der Waals surface area (Å²) in [6.45, 7) is 0.926. The standard InChI is InChI=1S/C15H16F4N2O3/c16-14-8-20-5-11(14)6-21(9-14)13(22)23-7-10-1-3-12(4-2-10)24-15(17,18)19/h1-4,11,20H,5-9H2/t11-,14+/m0/s1. The third kappa shape index (κ3) is 3.72. The summed E-state index contributed by atoms with van der Waals surface area (Å²) in [5, 5.41) is 2.96. The van der Waals surface area contributed by atoms with Crippen molar-refractivity contribution < 1.29 is 31.8 Å². The second kappa shape index (κ2) is 6.12. The minimum atomic E-state index is -4.75. The Balaban J connectivity index is 1.50. The van der Waals surface area contributed by atoms with E-state index in [1.807, 2.05) is 0 Å². The first-order valence-corrected chi connectivity index (χ1v) is 7.41. The molecule has 2 heterocycles. The first kappa shape index (κ1) is 16.8. The van der Waals surface area contributed by atoms with Gasteiger partial charge < -0.3 is 19.7 Å². The van der Waals surface area contributed by atoms with E-state index >= 15 is 0 Å². The van der Waals surface area contributed by atoms with Gasteiger partial charge in [0.2, 0.25) is 0 Å². The summed E-state index contributed by atoms with van der Waals surface area (Å²) in [5.41, 5.74) is -0.899. The molecule has 24 heavy (non-hydrogen) atoms. The fraction of sp³-hybridized carbons (Fsp3) is 0.533. The van der Waals surface area contributed by atoms with Crippen LogP contribution in [0.1, 0.15) is 5.56 Å². The molecule has 2 aliphatic rings. The highest BCUT2D eigenvalue weighted by Crippen LogP contribution is 2.34. The second-order valence-corrected chi connectivity index (χ2v) is 5.99. The van der Waals surface area contributed by atoms with Crippen molar-refractivity contribution in [1.29, 1.82) is 0 Å². The van der Waals surface area contributed by atoms with Gasteiger partial charge in [-0.3, -0.25) is 0 Å². The Morgan fingerprint density at radius 3 is 2.67 bits per heavy atom. The lowest BCUT2D eigenvalue weighted by atomic mass is 9.97. The lowest BCUT2D eigenvalue weighted by Gasteiger charge is -2.19. The molecule has 132 valence electrons. The van der Waals surface area contributed by atoms with Crippen molar-refractivity contribution in [2.24, 2.45) is 5.92 Å². The molecule has 2 saturated heterocycles. The number of benzene rings is 1. The van der Waals surface area contributed by atoms with Crippen LogP contribution in [-0.4, -0.2) is 49.2 Å². The molecular weight excluding hydrogens is 332 g/mol. The van der Waals surface area contributed by atoms with Crippen molar-refractivity contribution in [2.75, 3.05) is 26.2 Å². The van der Waals surface area contributed by atoms with Gasteiger partial charge in [0.15, 0.2) is 0 Å². The van der Waals surface area contributed by atoms with Gasteiger partial charge in [0.25, 0.3) is 0 Å². The number of fused-ring (bicyclic) bond motifs is 1. The average molecular weight is 348 g/mol. The minimum absolute atomic E-state index is 0.0120. The van der Waals surface area contributed by atoms with Crippen LogP contribution in [0.4, 0.5) is 22.4 Å². The fourth-order valence-electron chi connectivity index (χ4n) is 3.01. The summed E-state index contributed by atoms with van der Waals surface area (Å²) in [7, 11) is 0. The maximum absolute atomic E-state index is 14.4. The van der Waals surface area contributed by atoms with Crippen molar-refractivity contribution in [3.05, 3.63) is 29.8 Å². The van der Waals surface area contributed by atoms with E-state index in [9.17, 15) is 22.4 Å². The van der Waals surface area contributed by atoms with Crippen molar-refractivity contribution in [3.8, 4) is 5.75 Å². The third-order valence-electron chi connectivity index (χ3n) is 4.21. The van der Waals surface area contributed by atoms with E-state index in [4.69, 9.17) is 4.74 Å². The summed E-state index contributed by atoms with van der Waals surface area (Å²) in [6, 6.07) is 5.01. The van der Waals surface area contributed by atoms with Gasteiger partial charge in [-0.25, -0.2) is 9.18 Å². The Labute approximate surface area is 135 Å². The Morgan fingerprint density at radius 2 is 2.04 bits per heavy atom. The number of amides is 1. The molecule has 0 saturated carbocycles. The Bertz CT molecular complexity index is 608. The van der Waals surface area contributed by atoms with E-state index in [1.165, 1.54) is 17.0 Å². The third-order valence-corrected chi connectivity index (χ3v) is 4.21. The number of nitrogens with zero attached hydrogens (tertiary/aromatic N) is 1. The van der Waals surface area contributed by atoms with E-state index in [2.05, 4.69) is 10.1 Å². The van der Waals surface area contributed by atoms with Crippen LogP contribution < -0.4 is 10.1 Å². The molecule has 1 aromatic rings. The van der Waals surface area contributed by atoms with Crippen LogP contribution in [0.15, 0.2) is 24.3 Å². The molecule has 0 unspecified atom stereocenters. The summed E-state index contributed by atoms with van der Waals surface area (Å²) in [4.78, 5) is 13.3. The number of nitrogens with one attached hydrogen (secondary N) is 1. The van der Waals surface area contributed by atoms with Gasteiger partial charge >= 0.3 is 12.5 Å². The number of halogens is 4. The number of ether oxygens (including phenoxy) is 2. The predicted octanol–water partition coefficient (Wildman–Crippen LogP) is 2.47. The van der Waals surface area contributed by atoms with E-state index in [0.29, 0.717) is 18.7 Å². The molecular formula is C15H16F4N2O3. The summed E-state index contributed by atoms with van der Waals surface area (Å²) in [5.74, 6) is -0.583. The van der Waals surface area contributed by atoms with E-state index in [0.717, 1.165) is 12.1 Å². The minimum Gasteiger partial charge on any atom is -0.445 e. The van der Waals surface area contributed by atoms with E-state index < -0.39 is 18.1 Å². The van der Waals surface area contributed by atoms with Gasteiger partial charge in [0.05, 0.1) is 6.54 Å². The van der Waals surface area contributed by atoms with E-state index in [-0.39, 0.29) is 31.4 Å². The van der Waals surface area contributed by atoms with Crippen molar-refractivity contribution in [3.63, 3.8) is 0 Å². The highest BCUT2D eigenvalue weighted by molar-refractivity contribution is 5.68. The molecule has 5 nitrogen and oxygen atoms in total. The molecule has 9 heteroatoms. The maximum Gasteiger partial charge on any atom is 0.573 e. The average Bonchev–Trinajstić information content (AvgIpc) is 2.99. The smallest absolute Gasteiger partial charge is 0.445 e. The number of hydrogen-bond donors (Lipinski definition) is 1. The molecule has 1 N–H and O–H groups in total. The second-order valence-electron chi connectivity index (χ2n) is 5.99. The van der Waals surface area contributed by atoms with Gasteiger partial charge in [0, 0.05) is 25.6 Å². The lowest BCUT2D eigenvalue weighted by Crippen LogP contribution is -2.37. The lowest BCUT2D eigenvalue weighted by molar-refractivity contribution is -0.274. The van der Waals surface area contributed by atoms with Gasteiger partial charge in [0.1, 0.15) is 18.0 Å². The normalized spacial score (nSPS) is 26.3. The first-order valence-electron chi connectivity index (χ1n) is 7.41. The summed E-state index contributed by atoms with van der Waals surface area (Å²) >= 11 is 0. The summed E-state index contributed by atoms with van der Waals surface area (Å²) in [6.07, 6.45) is -5.38. The Morgan fingerprint density at radius 1 is 1.33 bits per heavy atom. The zero-order valence-electron chi connectivity index (χ0n) is 12.6. The predicted molar refractivity (Wildman–Crippen MR) is 75.1 cm³/mol. The first-order chi connectivity index (χ1) is 11.3. The number of alkyl halides is 4. The molecule has 1 amide bonds. The van der Waals surface area contributed by atoms with Gasteiger partial charge in [-0.15, -0.1) is 13.2 Å². The molecule has 0 aliphatic carbocycles. The number of likely N-dealkylation sites (tertiary alicyclic amines) is 1. The van der Waals surface area contributed by atoms with Crippen LogP contribution in [0.3, 0.4) is 0 Å². The summed E-state index contributed by atoms with van der Waals surface area (Å²) < 4.78 is 59.5. The Kier molecular flexibility index (Phi) is 4.29. The molecule has 2 fully saturated rings. The van der Waals surface area contributed by atoms with Crippen molar-refractivity contribution >= 4 is 6.09 Å². The maximum atomic E-state index is 14.4. The molecule has 3 rings (SSSR count). The van der Waals surface area contributed by atoms with Gasteiger partial charge in [-0.05, 0) is 17.7 Å². The SMILES string of the molecule is O=C(OCc1ccc(OC(F)(F)F)cc1)N1C[C@@H]2CNC[C@@]2(F)C1. The van der Waals surface area contributed by atoms with Crippen molar-refractivity contribution in [2.45, 2.75) is 18.6 Å². The highest BCUT2D eigenvalue weighted by Gasteiger charge is 2.52. The van der Waals surface area contributed by atoms with Crippen LogP contribution >= 0.6 is 0 Å². The number of carbonyl (C=O) groups excluding carboxylic acids is 1. The van der Waals surface area contributed by atoms with Crippen LogP contribution in [0.2, 0.25) is 0 Å². The van der Waals surface area contributed by atoms with Crippen LogP contribution in [-0.2, 0) is 11.3 Å². The number of rotatable bonds is 3. The molecule has 0 spiro atoms. The molecule has 0 radical (unpaired) electrons. The fourth-order valence-corrected chi connectivity index (χ4v) is 3.01. The largest absolute Gasteiger partial charge is 0.573 e. The molecule has 2 atom stereocenters. The zero-order valence-corrected chi connectivity index (χ0v) is 12.6. The van der Waals surface area contributed by atoms with Gasteiger partial charge in [-0.2, -0.15) is 0 Å². The van der Waals surface area contributed by atoms with Crippen molar-refractivity contribution in [1.82, 2.24) is 10.2 Å². The van der Waals surface area contributed by atoms with Crippen LogP contribution in [0.25, 0.3) is 0 Å². The monoisotopic (exact) mass is 348 g/mol. The van der Waals surface area contributed by atoms with Crippen LogP contribution in [0.5, 0.6) is 5.75 Å². The van der Waals surface area contributed by atoms with Gasteiger partial charge in [-0.1, -0.05) is 12.1 Å². The number of hydrogen-bond acceptors (Lipinski definition) is 4. The quantitative estimate of drug-likeness (QED) is 0.853. The zero-order chi connectivity index (χ0) is 17.4. The highest BCUT2D eigenvalue weighted by atomic mass is 19.4.